The average Bonchev–Trinajstić information content (AvgIpc) is 3.22. The maximum atomic E-state index is 14.1. The van der Waals surface area contributed by atoms with Crippen molar-refractivity contribution in [2.45, 2.75) is 31.9 Å². The van der Waals surface area contributed by atoms with Crippen LogP contribution < -0.4 is 5.32 Å². The molecule has 9 nitrogen and oxygen atoms in total. The summed E-state index contributed by atoms with van der Waals surface area (Å²) in [6.07, 6.45) is -0.317. The van der Waals surface area contributed by atoms with E-state index in [2.05, 4.69) is 15.6 Å². The molecule has 3 aromatic rings. The third-order valence-electron chi connectivity index (χ3n) is 4.79. The number of rotatable bonds is 9. The Morgan fingerprint density at radius 1 is 1.24 bits per heavy atom. The number of aromatic nitrogens is 3. The van der Waals surface area contributed by atoms with E-state index >= 15 is 0 Å². The van der Waals surface area contributed by atoms with Crippen LogP contribution in [0.4, 0.5) is 4.39 Å². The molecule has 1 aromatic heterocycles. The van der Waals surface area contributed by atoms with Gasteiger partial charge in [0.15, 0.2) is 11.8 Å². The highest BCUT2D eigenvalue weighted by molar-refractivity contribution is 6.30. The van der Waals surface area contributed by atoms with E-state index in [1.165, 1.54) is 18.2 Å². The first-order valence-electron chi connectivity index (χ1n) is 10.1. The molecule has 3 rings (SSSR count). The van der Waals surface area contributed by atoms with Crippen LogP contribution in [0.2, 0.25) is 5.02 Å². The largest absolute Gasteiger partial charge is 0.464 e. The van der Waals surface area contributed by atoms with Crippen LogP contribution in [0.5, 0.6) is 0 Å². The summed E-state index contributed by atoms with van der Waals surface area (Å²) in [7, 11) is 0. The summed E-state index contributed by atoms with van der Waals surface area (Å²) in [6.45, 7) is 1.72. The third-order valence-corrected chi connectivity index (χ3v) is 5.03. The summed E-state index contributed by atoms with van der Waals surface area (Å²) >= 11 is 5.97. The van der Waals surface area contributed by atoms with E-state index in [0.29, 0.717) is 21.0 Å². The van der Waals surface area contributed by atoms with E-state index in [1.807, 2.05) is 0 Å². The number of halogens is 2. The van der Waals surface area contributed by atoms with E-state index in [-0.39, 0.29) is 25.1 Å². The molecule has 0 saturated carbocycles. The number of amides is 1. The lowest BCUT2D eigenvalue weighted by atomic mass is 9.97. The fraction of sp³-hybridized carbons (Fsp3) is 0.273. The first-order valence-corrected chi connectivity index (χ1v) is 10.5. The number of aliphatic hydroxyl groups is 1. The minimum atomic E-state index is -1.45. The smallest absolute Gasteiger partial charge is 0.335 e. The molecule has 0 aliphatic carbocycles. The van der Waals surface area contributed by atoms with Crippen molar-refractivity contribution in [1.29, 1.82) is 0 Å². The summed E-state index contributed by atoms with van der Waals surface area (Å²) in [5.41, 5.74) is 1.59. The number of carbonyl (C=O) groups is 2. The molecule has 1 heterocycles. The lowest BCUT2D eigenvalue weighted by Gasteiger charge is -2.21. The SMILES string of the molecule is CCOC(=O)C(O)CC(Cc1ccc(-c2cc(Cl)ccc2F)cc1)NC(=O)c1cn(O)nn1. The van der Waals surface area contributed by atoms with E-state index in [0.717, 1.165) is 11.8 Å². The first kappa shape index (κ1) is 24.1. The van der Waals surface area contributed by atoms with Crippen LogP contribution in [0.3, 0.4) is 0 Å². The van der Waals surface area contributed by atoms with Crippen LogP contribution in [-0.4, -0.2) is 56.1 Å². The number of hydrogen-bond donors (Lipinski definition) is 3. The van der Waals surface area contributed by atoms with Crippen LogP contribution in [0.15, 0.2) is 48.7 Å². The molecular formula is C22H22ClFN4O5. The van der Waals surface area contributed by atoms with Gasteiger partial charge in [0.1, 0.15) is 5.82 Å². The molecule has 33 heavy (non-hydrogen) atoms. The molecule has 2 atom stereocenters. The summed E-state index contributed by atoms with van der Waals surface area (Å²) in [5, 5.41) is 29.3. The van der Waals surface area contributed by atoms with Crippen LogP contribution in [0.1, 0.15) is 29.4 Å². The van der Waals surface area contributed by atoms with Crippen LogP contribution in [0, 0.1) is 5.82 Å². The Bertz CT molecular complexity index is 1120. The Kier molecular flexibility index (Phi) is 7.96. The van der Waals surface area contributed by atoms with E-state index < -0.39 is 29.8 Å². The zero-order chi connectivity index (χ0) is 24.0. The standard InChI is InChI=1S/C22H22ClFN4O5/c1-2-33-22(31)20(29)11-16(25-21(30)19-12-28(32)27-26-19)9-13-3-5-14(6-4-13)17-10-15(23)7-8-18(17)24/h3-8,10,12,16,20,29,32H,2,9,11H2,1H3,(H,25,30). The Morgan fingerprint density at radius 3 is 2.61 bits per heavy atom. The van der Waals surface area contributed by atoms with Crippen LogP contribution in [0.25, 0.3) is 11.1 Å². The van der Waals surface area contributed by atoms with Gasteiger partial charge in [0.05, 0.1) is 12.8 Å². The van der Waals surface area contributed by atoms with Crippen molar-refractivity contribution in [3.63, 3.8) is 0 Å². The van der Waals surface area contributed by atoms with Gasteiger partial charge in [0.25, 0.3) is 5.91 Å². The van der Waals surface area contributed by atoms with Gasteiger partial charge in [0, 0.05) is 23.0 Å². The minimum absolute atomic E-state index is 0.105. The molecule has 11 heteroatoms. The average molecular weight is 477 g/mol. The minimum Gasteiger partial charge on any atom is -0.464 e. The number of nitrogens with zero attached hydrogens (tertiary/aromatic N) is 3. The molecule has 0 radical (unpaired) electrons. The van der Waals surface area contributed by atoms with Crippen LogP contribution >= 0.6 is 11.6 Å². The second-order valence-electron chi connectivity index (χ2n) is 7.22. The molecule has 0 bridgehead atoms. The Labute approximate surface area is 193 Å². The molecule has 1 amide bonds. The zero-order valence-electron chi connectivity index (χ0n) is 17.6. The Hall–Kier alpha value is -3.50. The van der Waals surface area contributed by atoms with Crippen molar-refractivity contribution in [3.8, 4) is 11.1 Å². The number of esters is 1. The van der Waals surface area contributed by atoms with Gasteiger partial charge in [-0.2, -0.15) is 0 Å². The van der Waals surface area contributed by atoms with Gasteiger partial charge in [-0.25, -0.2) is 9.18 Å². The van der Waals surface area contributed by atoms with Crippen molar-refractivity contribution in [3.05, 3.63) is 70.8 Å². The predicted molar refractivity (Wildman–Crippen MR) is 116 cm³/mol. The van der Waals surface area contributed by atoms with Gasteiger partial charge < -0.3 is 20.4 Å². The molecule has 3 N–H and O–H groups in total. The number of benzene rings is 2. The number of hydrogen-bond acceptors (Lipinski definition) is 7. The first-order chi connectivity index (χ1) is 15.8. The van der Waals surface area contributed by atoms with Crippen molar-refractivity contribution >= 4 is 23.5 Å². The normalized spacial score (nSPS) is 12.7. The van der Waals surface area contributed by atoms with E-state index in [4.69, 9.17) is 16.3 Å². The fourth-order valence-electron chi connectivity index (χ4n) is 3.24. The highest BCUT2D eigenvalue weighted by Gasteiger charge is 2.25. The zero-order valence-corrected chi connectivity index (χ0v) is 18.4. The number of nitrogens with one attached hydrogen (secondary N) is 1. The molecule has 0 saturated heterocycles. The third kappa shape index (κ3) is 6.50. The molecule has 0 aliphatic rings. The highest BCUT2D eigenvalue weighted by Crippen LogP contribution is 2.26. The van der Waals surface area contributed by atoms with Crippen molar-refractivity contribution < 1.29 is 29.0 Å². The molecule has 0 aliphatic heterocycles. The second-order valence-corrected chi connectivity index (χ2v) is 7.66. The number of carbonyl (C=O) groups excluding carboxylic acids is 2. The highest BCUT2D eigenvalue weighted by atomic mass is 35.5. The maximum absolute atomic E-state index is 14.1. The van der Waals surface area contributed by atoms with E-state index in [1.54, 1.807) is 31.2 Å². The fourth-order valence-corrected chi connectivity index (χ4v) is 3.41. The predicted octanol–water partition coefficient (Wildman–Crippen LogP) is 2.63. The molecule has 2 unspecified atom stereocenters. The van der Waals surface area contributed by atoms with Gasteiger partial charge in [-0.1, -0.05) is 40.7 Å². The van der Waals surface area contributed by atoms with Crippen molar-refractivity contribution in [1.82, 2.24) is 20.5 Å². The Balaban J connectivity index is 1.77. The van der Waals surface area contributed by atoms with Gasteiger partial charge in [-0.15, -0.1) is 5.10 Å². The molecule has 0 fully saturated rings. The van der Waals surface area contributed by atoms with Gasteiger partial charge in [-0.05, 0) is 47.9 Å². The molecular weight excluding hydrogens is 455 g/mol. The van der Waals surface area contributed by atoms with E-state index in [9.17, 15) is 24.3 Å². The van der Waals surface area contributed by atoms with Gasteiger partial charge in [-0.3, -0.25) is 4.79 Å². The Morgan fingerprint density at radius 2 is 1.97 bits per heavy atom. The molecule has 2 aromatic carbocycles. The lowest BCUT2D eigenvalue weighted by molar-refractivity contribution is -0.153. The van der Waals surface area contributed by atoms with Gasteiger partial charge >= 0.3 is 5.97 Å². The summed E-state index contributed by atoms with van der Waals surface area (Å²) < 4.78 is 19.0. The van der Waals surface area contributed by atoms with Gasteiger partial charge in [0.2, 0.25) is 0 Å². The van der Waals surface area contributed by atoms with Crippen LogP contribution in [-0.2, 0) is 16.0 Å². The monoisotopic (exact) mass is 476 g/mol. The van der Waals surface area contributed by atoms with Crippen molar-refractivity contribution in [2.24, 2.45) is 0 Å². The number of aliphatic hydroxyl groups excluding tert-OH is 1. The topological polar surface area (TPSA) is 127 Å². The molecule has 174 valence electrons. The van der Waals surface area contributed by atoms with Crippen molar-refractivity contribution in [2.75, 3.05) is 6.61 Å². The number of ether oxygens (including phenoxy) is 1. The summed E-state index contributed by atoms with van der Waals surface area (Å²) in [6, 6.07) is 10.5. The summed E-state index contributed by atoms with van der Waals surface area (Å²) in [4.78, 5) is 24.7. The second kappa shape index (κ2) is 10.9. The molecule has 0 spiro atoms. The quantitative estimate of drug-likeness (QED) is 0.320. The maximum Gasteiger partial charge on any atom is 0.335 e. The summed E-state index contributed by atoms with van der Waals surface area (Å²) in [5.74, 6) is -1.86. The lowest BCUT2D eigenvalue weighted by Crippen LogP contribution is -2.41.